The van der Waals surface area contributed by atoms with E-state index in [-0.39, 0.29) is 18.4 Å². The van der Waals surface area contributed by atoms with Gasteiger partial charge in [0.1, 0.15) is 5.56 Å². The van der Waals surface area contributed by atoms with E-state index in [1.54, 1.807) is 12.1 Å². The number of anilines is 3. The Morgan fingerprint density at radius 1 is 1.03 bits per heavy atom. The lowest BCUT2D eigenvalue weighted by Gasteiger charge is -2.26. The van der Waals surface area contributed by atoms with Crippen molar-refractivity contribution in [3.05, 3.63) is 59.8 Å². The second kappa shape index (κ2) is 9.64. The summed E-state index contributed by atoms with van der Waals surface area (Å²) < 4.78 is 57.5. The van der Waals surface area contributed by atoms with Crippen LogP contribution in [0.4, 0.5) is 30.6 Å². The molecule has 0 radical (unpaired) electrons. The van der Waals surface area contributed by atoms with Crippen molar-refractivity contribution in [2.75, 3.05) is 38.3 Å². The Morgan fingerprint density at radius 3 is 2.29 bits per heavy atom. The second-order valence-electron chi connectivity index (χ2n) is 7.34. The lowest BCUT2D eigenvalue weighted by molar-refractivity contribution is -0.138. The number of nitrogens with zero attached hydrogens (tertiary/aromatic N) is 3. The van der Waals surface area contributed by atoms with E-state index in [1.165, 1.54) is 26.4 Å². The molecule has 1 atom stereocenters. The van der Waals surface area contributed by atoms with E-state index >= 15 is 0 Å². The van der Waals surface area contributed by atoms with Gasteiger partial charge in [-0.05, 0) is 5.56 Å². The highest BCUT2D eigenvalue weighted by Crippen LogP contribution is 2.43. The Balaban J connectivity index is 1.74. The van der Waals surface area contributed by atoms with E-state index in [9.17, 15) is 13.2 Å². The number of hydrogen-bond acceptors (Lipinski definition) is 8. The van der Waals surface area contributed by atoms with Crippen LogP contribution < -0.4 is 24.6 Å². The van der Waals surface area contributed by atoms with Gasteiger partial charge >= 0.3 is 6.18 Å². The summed E-state index contributed by atoms with van der Waals surface area (Å²) in [6.45, 7) is 0.260. The number of benzene rings is 2. The minimum absolute atomic E-state index is 0.0559. The predicted molar refractivity (Wildman–Crippen MR) is 119 cm³/mol. The average molecular weight is 476 g/mol. The quantitative estimate of drug-likeness (QED) is 0.502. The van der Waals surface area contributed by atoms with Crippen LogP contribution in [0.2, 0.25) is 0 Å². The van der Waals surface area contributed by atoms with E-state index in [1.807, 2.05) is 30.3 Å². The zero-order chi connectivity index (χ0) is 24.3. The van der Waals surface area contributed by atoms with Gasteiger partial charge in [-0.2, -0.15) is 18.2 Å². The minimum Gasteiger partial charge on any atom is -0.493 e. The zero-order valence-corrected chi connectivity index (χ0v) is 18.7. The molecule has 0 amide bonds. The molecule has 1 N–H and O–H groups in total. The van der Waals surface area contributed by atoms with Crippen LogP contribution in [0.3, 0.4) is 0 Å². The number of nitrogens with one attached hydrogen (secondary N) is 1. The summed E-state index contributed by atoms with van der Waals surface area (Å²) in [5.74, 6) is 0.677. The third-order valence-electron chi connectivity index (χ3n) is 5.29. The van der Waals surface area contributed by atoms with Crippen molar-refractivity contribution >= 4 is 17.5 Å². The van der Waals surface area contributed by atoms with Crippen LogP contribution in [0, 0.1) is 0 Å². The molecule has 0 spiro atoms. The Labute approximate surface area is 194 Å². The minimum atomic E-state index is -4.67. The standard InChI is InChI=1S/C23H23F3N4O4/c1-31-18-11-15(12-19(32-2)20(18)33-3)28-22-27-13-16(23(24,25)26)21(29-22)30-17(9-10-34-30)14-7-5-4-6-8-14/h4-8,11-13,17H,9-10H2,1-3H3,(H,27,28,29)/t17-/m0/s1. The Bertz CT molecular complexity index is 1120. The number of aromatic nitrogens is 2. The number of hydroxylamine groups is 1. The molecule has 1 aromatic heterocycles. The van der Waals surface area contributed by atoms with Gasteiger partial charge in [-0.15, -0.1) is 0 Å². The Kier molecular flexibility index (Phi) is 6.64. The van der Waals surface area contributed by atoms with Crippen molar-refractivity contribution in [1.82, 2.24) is 9.97 Å². The van der Waals surface area contributed by atoms with E-state index in [2.05, 4.69) is 15.3 Å². The van der Waals surface area contributed by atoms with Gasteiger partial charge in [0, 0.05) is 30.4 Å². The largest absolute Gasteiger partial charge is 0.493 e. The maximum atomic E-state index is 13.8. The fraction of sp³-hybridized carbons (Fsp3) is 0.304. The summed E-state index contributed by atoms with van der Waals surface area (Å²) in [5, 5.41) is 4.12. The molecule has 0 bridgehead atoms. The van der Waals surface area contributed by atoms with Crippen LogP contribution in [0.15, 0.2) is 48.7 Å². The van der Waals surface area contributed by atoms with Crippen molar-refractivity contribution in [2.24, 2.45) is 0 Å². The first kappa shape index (κ1) is 23.4. The van der Waals surface area contributed by atoms with Crippen LogP contribution >= 0.6 is 0 Å². The van der Waals surface area contributed by atoms with Gasteiger partial charge in [0.25, 0.3) is 0 Å². The fourth-order valence-corrected chi connectivity index (χ4v) is 3.74. The van der Waals surface area contributed by atoms with Gasteiger partial charge in [-0.25, -0.2) is 10.0 Å². The molecule has 4 rings (SSSR count). The first-order chi connectivity index (χ1) is 16.4. The molecule has 34 heavy (non-hydrogen) atoms. The third-order valence-corrected chi connectivity index (χ3v) is 5.29. The normalized spacial score (nSPS) is 15.8. The number of hydrogen-bond donors (Lipinski definition) is 1. The zero-order valence-electron chi connectivity index (χ0n) is 18.7. The summed E-state index contributed by atoms with van der Waals surface area (Å²) in [6, 6.07) is 12.0. The van der Waals surface area contributed by atoms with Gasteiger partial charge in [-0.3, -0.25) is 4.84 Å². The highest BCUT2D eigenvalue weighted by molar-refractivity contribution is 5.66. The van der Waals surface area contributed by atoms with E-state index in [0.717, 1.165) is 11.8 Å². The molecular weight excluding hydrogens is 453 g/mol. The van der Waals surface area contributed by atoms with Crippen LogP contribution in [-0.2, 0) is 11.0 Å². The molecule has 3 aromatic rings. The molecule has 0 aliphatic carbocycles. The molecule has 1 aliphatic heterocycles. The average Bonchev–Trinajstić information content (AvgIpc) is 3.33. The summed E-state index contributed by atoms with van der Waals surface area (Å²) in [7, 11) is 4.39. The molecule has 0 saturated carbocycles. The van der Waals surface area contributed by atoms with Crippen LogP contribution in [-0.4, -0.2) is 37.9 Å². The smallest absolute Gasteiger partial charge is 0.421 e. The number of methoxy groups -OCH3 is 3. The fourth-order valence-electron chi connectivity index (χ4n) is 3.74. The highest BCUT2D eigenvalue weighted by atomic mass is 19.4. The lowest BCUT2D eigenvalue weighted by Crippen LogP contribution is -2.26. The SMILES string of the molecule is COc1cc(Nc2ncc(C(F)(F)F)c(N3OCC[C@H]3c3ccccc3)n2)cc(OC)c1OC. The van der Waals surface area contributed by atoms with Crippen LogP contribution in [0.5, 0.6) is 17.2 Å². The molecule has 1 aliphatic rings. The maximum Gasteiger partial charge on any atom is 0.421 e. The van der Waals surface area contributed by atoms with E-state index in [0.29, 0.717) is 29.4 Å². The Morgan fingerprint density at radius 2 is 1.71 bits per heavy atom. The summed E-state index contributed by atoms with van der Waals surface area (Å²) in [4.78, 5) is 13.7. The molecule has 1 fully saturated rings. The van der Waals surface area contributed by atoms with Gasteiger partial charge in [0.15, 0.2) is 17.3 Å². The summed E-state index contributed by atoms with van der Waals surface area (Å²) >= 11 is 0. The molecule has 180 valence electrons. The van der Waals surface area contributed by atoms with Crippen LogP contribution in [0.25, 0.3) is 0 Å². The molecule has 2 aromatic carbocycles. The first-order valence-corrected chi connectivity index (χ1v) is 10.3. The molecule has 8 nitrogen and oxygen atoms in total. The third kappa shape index (κ3) is 4.65. The maximum absolute atomic E-state index is 13.8. The molecule has 1 saturated heterocycles. The van der Waals surface area contributed by atoms with Crippen molar-refractivity contribution in [3.63, 3.8) is 0 Å². The van der Waals surface area contributed by atoms with E-state index < -0.39 is 17.8 Å². The second-order valence-corrected chi connectivity index (χ2v) is 7.34. The lowest BCUT2D eigenvalue weighted by atomic mass is 10.0. The van der Waals surface area contributed by atoms with Gasteiger partial charge in [0.05, 0.1) is 34.0 Å². The van der Waals surface area contributed by atoms with Crippen LogP contribution in [0.1, 0.15) is 23.6 Å². The number of alkyl halides is 3. The number of ether oxygens (including phenoxy) is 3. The van der Waals surface area contributed by atoms with Gasteiger partial charge < -0.3 is 19.5 Å². The summed E-state index contributed by atoms with van der Waals surface area (Å²) in [5.41, 5.74) is 0.263. The highest BCUT2D eigenvalue weighted by Gasteiger charge is 2.40. The molecule has 11 heteroatoms. The molecule has 2 heterocycles. The van der Waals surface area contributed by atoms with Crippen molar-refractivity contribution in [1.29, 1.82) is 0 Å². The number of halogens is 3. The van der Waals surface area contributed by atoms with Gasteiger partial charge in [0.2, 0.25) is 11.7 Å². The topological polar surface area (TPSA) is 78.0 Å². The van der Waals surface area contributed by atoms with Crippen molar-refractivity contribution < 1.29 is 32.2 Å². The molecular formula is C23H23F3N4O4. The van der Waals surface area contributed by atoms with Gasteiger partial charge in [-0.1, -0.05) is 30.3 Å². The van der Waals surface area contributed by atoms with Crippen molar-refractivity contribution in [3.8, 4) is 17.2 Å². The molecule has 0 unspecified atom stereocenters. The monoisotopic (exact) mass is 476 g/mol. The van der Waals surface area contributed by atoms with E-state index in [4.69, 9.17) is 19.0 Å². The number of rotatable bonds is 7. The van der Waals surface area contributed by atoms with Crippen molar-refractivity contribution in [2.45, 2.75) is 18.6 Å². The first-order valence-electron chi connectivity index (χ1n) is 10.3. The Hall–Kier alpha value is -3.73. The summed E-state index contributed by atoms with van der Waals surface area (Å²) in [6.07, 6.45) is -3.42. The predicted octanol–water partition coefficient (Wildman–Crippen LogP) is 5.15.